The molecule has 50 heavy (non-hydrogen) atoms. The molecule has 1 spiro atoms. The molecule has 0 amide bonds. The number of benzene rings is 7. The lowest BCUT2D eigenvalue weighted by molar-refractivity contribution is 0.753. The van der Waals surface area contributed by atoms with Crippen LogP contribution < -0.4 is 4.90 Å². The zero-order valence-corrected chi connectivity index (χ0v) is 27.2. The van der Waals surface area contributed by atoms with Gasteiger partial charge in [0.05, 0.1) is 16.8 Å². The SMILES string of the molecule is c1ccc(-c2ccc3c(c2)C2(c4ccccc4-c4ccccc42)c2cc(-c4ccccc4)ccc2N3c2ccc(-c3ncccn3)cc2)cc1. The van der Waals surface area contributed by atoms with Crippen LogP contribution >= 0.6 is 0 Å². The third-order valence-electron chi connectivity index (χ3n) is 10.4. The molecule has 0 saturated heterocycles. The van der Waals surface area contributed by atoms with Crippen LogP contribution in [-0.4, -0.2) is 9.97 Å². The minimum Gasteiger partial charge on any atom is -0.310 e. The summed E-state index contributed by atoms with van der Waals surface area (Å²) in [6.07, 6.45) is 3.58. The lowest BCUT2D eigenvalue weighted by Crippen LogP contribution is -2.36. The summed E-state index contributed by atoms with van der Waals surface area (Å²) in [5.41, 5.74) is 16.4. The van der Waals surface area contributed by atoms with E-state index in [1.807, 2.05) is 6.07 Å². The van der Waals surface area contributed by atoms with Gasteiger partial charge in [0, 0.05) is 23.6 Å². The van der Waals surface area contributed by atoms with E-state index in [2.05, 4.69) is 185 Å². The summed E-state index contributed by atoms with van der Waals surface area (Å²) in [5, 5.41) is 0. The Labute approximate surface area is 291 Å². The maximum Gasteiger partial charge on any atom is 0.159 e. The highest BCUT2D eigenvalue weighted by molar-refractivity contribution is 5.97. The van der Waals surface area contributed by atoms with E-state index in [9.17, 15) is 0 Å². The molecule has 1 aromatic heterocycles. The van der Waals surface area contributed by atoms with Gasteiger partial charge in [0.15, 0.2) is 5.82 Å². The predicted molar refractivity (Wildman–Crippen MR) is 204 cm³/mol. The molecular weight excluding hydrogens is 607 g/mol. The minimum absolute atomic E-state index is 0.540. The first kappa shape index (κ1) is 28.4. The van der Waals surface area contributed by atoms with Crippen molar-refractivity contribution < 1.29 is 0 Å². The van der Waals surface area contributed by atoms with Crippen molar-refractivity contribution in [1.82, 2.24) is 9.97 Å². The van der Waals surface area contributed by atoms with Crippen LogP contribution in [0.3, 0.4) is 0 Å². The highest BCUT2D eigenvalue weighted by Gasteiger charge is 2.51. The third kappa shape index (κ3) is 4.17. The Morgan fingerprint density at radius 3 is 1.34 bits per heavy atom. The molecule has 1 aliphatic heterocycles. The van der Waals surface area contributed by atoms with Crippen molar-refractivity contribution in [1.29, 1.82) is 0 Å². The summed E-state index contributed by atoms with van der Waals surface area (Å²) in [6, 6.07) is 64.1. The fourth-order valence-electron chi connectivity index (χ4n) is 8.26. The maximum atomic E-state index is 4.51. The Kier molecular flexibility index (Phi) is 6.40. The summed E-state index contributed by atoms with van der Waals surface area (Å²) in [7, 11) is 0. The molecule has 0 fully saturated rings. The smallest absolute Gasteiger partial charge is 0.159 e. The van der Waals surface area contributed by atoms with Gasteiger partial charge in [0.1, 0.15) is 0 Å². The number of fused-ring (bicyclic) bond motifs is 9. The normalized spacial score (nSPS) is 13.3. The molecule has 7 aromatic carbocycles. The summed E-state index contributed by atoms with van der Waals surface area (Å²) >= 11 is 0. The molecule has 2 aliphatic rings. The summed E-state index contributed by atoms with van der Waals surface area (Å²) in [4.78, 5) is 11.5. The molecule has 2 heterocycles. The topological polar surface area (TPSA) is 29.0 Å². The highest BCUT2D eigenvalue weighted by atomic mass is 15.2. The number of nitrogens with zero attached hydrogens (tertiary/aromatic N) is 3. The molecule has 0 bridgehead atoms. The molecule has 8 aromatic rings. The molecule has 0 atom stereocenters. The Morgan fingerprint density at radius 2 is 0.820 bits per heavy atom. The zero-order valence-electron chi connectivity index (χ0n) is 27.2. The van der Waals surface area contributed by atoms with E-state index in [0.29, 0.717) is 0 Å². The Morgan fingerprint density at radius 1 is 0.360 bits per heavy atom. The molecule has 0 saturated carbocycles. The first-order valence-electron chi connectivity index (χ1n) is 17.1. The van der Waals surface area contributed by atoms with E-state index in [0.717, 1.165) is 17.1 Å². The summed E-state index contributed by atoms with van der Waals surface area (Å²) < 4.78 is 0. The fourth-order valence-corrected chi connectivity index (χ4v) is 8.26. The first-order chi connectivity index (χ1) is 24.8. The van der Waals surface area contributed by atoms with E-state index in [1.54, 1.807) is 12.4 Å². The predicted octanol–water partition coefficient (Wildman–Crippen LogP) is 11.6. The first-order valence-corrected chi connectivity index (χ1v) is 17.1. The standard InChI is InChI=1S/C47H31N3/c1-3-12-32(13-4-1)35-22-26-44-42(30-35)47(40-18-9-7-16-38(40)39-17-8-10-19-41(39)47)43-31-36(33-14-5-2-6-15-33)23-27-45(43)50(44)37-24-20-34(21-25-37)46-48-28-11-29-49-46/h1-31H. The average molecular weight is 638 g/mol. The van der Waals surface area contributed by atoms with E-state index in [-0.39, 0.29) is 0 Å². The van der Waals surface area contributed by atoms with Crippen LogP contribution in [0.2, 0.25) is 0 Å². The molecule has 234 valence electrons. The van der Waals surface area contributed by atoms with Crippen molar-refractivity contribution in [3.63, 3.8) is 0 Å². The van der Waals surface area contributed by atoms with Gasteiger partial charge in [-0.15, -0.1) is 0 Å². The second-order valence-electron chi connectivity index (χ2n) is 13.0. The van der Waals surface area contributed by atoms with Crippen molar-refractivity contribution in [2.24, 2.45) is 0 Å². The second kappa shape index (κ2) is 11.3. The van der Waals surface area contributed by atoms with Gasteiger partial charge < -0.3 is 4.90 Å². The van der Waals surface area contributed by atoms with Gasteiger partial charge in [-0.25, -0.2) is 9.97 Å². The van der Waals surface area contributed by atoms with Crippen molar-refractivity contribution in [2.45, 2.75) is 5.41 Å². The third-order valence-corrected chi connectivity index (χ3v) is 10.4. The number of anilines is 3. The fraction of sp³-hybridized carbons (Fsp3) is 0.0213. The largest absolute Gasteiger partial charge is 0.310 e. The lowest BCUT2D eigenvalue weighted by Gasteiger charge is -2.45. The van der Waals surface area contributed by atoms with Crippen LogP contribution in [0.15, 0.2) is 188 Å². The van der Waals surface area contributed by atoms with Crippen LogP contribution in [0, 0.1) is 0 Å². The molecule has 3 heteroatoms. The highest BCUT2D eigenvalue weighted by Crippen LogP contribution is 2.64. The van der Waals surface area contributed by atoms with Crippen LogP contribution in [0.25, 0.3) is 44.8 Å². The molecule has 0 radical (unpaired) electrons. The monoisotopic (exact) mass is 637 g/mol. The van der Waals surface area contributed by atoms with Crippen molar-refractivity contribution in [3.05, 3.63) is 211 Å². The van der Waals surface area contributed by atoms with Crippen molar-refractivity contribution in [2.75, 3.05) is 4.90 Å². The van der Waals surface area contributed by atoms with E-state index in [4.69, 9.17) is 0 Å². The Bertz CT molecular complexity index is 2390. The Balaban J connectivity index is 1.31. The quantitative estimate of drug-likeness (QED) is 0.192. The average Bonchev–Trinajstić information content (AvgIpc) is 3.50. The molecule has 1 aliphatic carbocycles. The van der Waals surface area contributed by atoms with Crippen LogP contribution in [0.5, 0.6) is 0 Å². The zero-order chi connectivity index (χ0) is 33.1. The maximum absolute atomic E-state index is 4.51. The van der Waals surface area contributed by atoms with E-state index in [1.165, 1.54) is 67.0 Å². The number of hydrogen-bond donors (Lipinski definition) is 0. The molecule has 3 nitrogen and oxygen atoms in total. The summed E-state index contributed by atoms with van der Waals surface area (Å²) in [5.74, 6) is 0.719. The molecule has 0 unspecified atom stereocenters. The van der Waals surface area contributed by atoms with Gasteiger partial charge in [-0.1, -0.05) is 121 Å². The van der Waals surface area contributed by atoms with Gasteiger partial charge in [-0.3, -0.25) is 0 Å². The number of rotatable bonds is 4. The minimum atomic E-state index is -0.540. The van der Waals surface area contributed by atoms with Gasteiger partial charge in [-0.2, -0.15) is 0 Å². The van der Waals surface area contributed by atoms with E-state index >= 15 is 0 Å². The van der Waals surface area contributed by atoms with Crippen LogP contribution in [0.4, 0.5) is 17.1 Å². The Hall–Kier alpha value is -6.58. The van der Waals surface area contributed by atoms with Crippen molar-refractivity contribution >= 4 is 17.1 Å². The van der Waals surface area contributed by atoms with Gasteiger partial charge >= 0.3 is 0 Å². The number of hydrogen-bond acceptors (Lipinski definition) is 3. The van der Waals surface area contributed by atoms with Crippen molar-refractivity contribution in [3.8, 4) is 44.8 Å². The van der Waals surface area contributed by atoms with Gasteiger partial charge in [0.2, 0.25) is 0 Å². The lowest BCUT2D eigenvalue weighted by atomic mass is 9.64. The second-order valence-corrected chi connectivity index (χ2v) is 13.0. The van der Waals surface area contributed by atoms with E-state index < -0.39 is 5.41 Å². The van der Waals surface area contributed by atoms with Gasteiger partial charge in [-0.05, 0) is 110 Å². The molecule has 0 N–H and O–H groups in total. The molecule has 10 rings (SSSR count). The summed E-state index contributed by atoms with van der Waals surface area (Å²) in [6.45, 7) is 0. The van der Waals surface area contributed by atoms with Gasteiger partial charge in [0.25, 0.3) is 0 Å². The van der Waals surface area contributed by atoms with Crippen LogP contribution in [-0.2, 0) is 5.41 Å². The number of aromatic nitrogens is 2. The molecular formula is C47H31N3. The van der Waals surface area contributed by atoms with Crippen LogP contribution in [0.1, 0.15) is 22.3 Å².